The summed E-state index contributed by atoms with van der Waals surface area (Å²) >= 11 is 1.59. The highest BCUT2D eigenvalue weighted by Gasteiger charge is 2.32. The average Bonchev–Trinajstić information content (AvgIpc) is 3.27. The second kappa shape index (κ2) is 7.18. The minimum atomic E-state index is -0.0619. The number of rotatable bonds is 7. The summed E-state index contributed by atoms with van der Waals surface area (Å²) in [6, 6.07) is 4.14. The van der Waals surface area contributed by atoms with Crippen molar-refractivity contribution < 1.29 is 9.53 Å². The van der Waals surface area contributed by atoms with Gasteiger partial charge in [-0.15, -0.1) is 11.3 Å². The van der Waals surface area contributed by atoms with Gasteiger partial charge in [0.05, 0.1) is 24.0 Å². The van der Waals surface area contributed by atoms with Gasteiger partial charge < -0.3 is 19.5 Å². The van der Waals surface area contributed by atoms with Gasteiger partial charge in [-0.25, -0.2) is 4.98 Å². The molecule has 3 aromatic rings. The number of amides is 1. The normalized spacial score (nSPS) is 16.7. The molecule has 0 unspecified atom stereocenters. The van der Waals surface area contributed by atoms with Crippen LogP contribution in [0.4, 0.5) is 10.9 Å². The number of nitrogens with zero attached hydrogens (tertiary/aromatic N) is 4. The number of ether oxygens (including phenoxy) is 1. The van der Waals surface area contributed by atoms with Crippen LogP contribution in [0.3, 0.4) is 0 Å². The maximum absolute atomic E-state index is 11.7. The number of likely N-dealkylation sites (tertiary alicyclic amines) is 1. The number of nitrogens with one attached hydrogen (secondary N) is 1. The Morgan fingerprint density at radius 1 is 1.45 bits per heavy atom. The summed E-state index contributed by atoms with van der Waals surface area (Å²) in [7, 11) is 0. The summed E-state index contributed by atoms with van der Waals surface area (Å²) in [5, 5.41) is 5.13. The Balaban J connectivity index is 1.43. The largest absolute Gasteiger partial charge is 0.470 e. The molecular weight excluding hydrogens is 386 g/mol. The Kier molecular flexibility index (Phi) is 4.50. The molecule has 3 aromatic heterocycles. The molecule has 2 aliphatic rings. The number of aryl methyl sites for hydroxylation is 1. The highest BCUT2D eigenvalue weighted by Crippen LogP contribution is 2.35. The first kappa shape index (κ1) is 18.2. The van der Waals surface area contributed by atoms with E-state index in [4.69, 9.17) is 9.72 Å². The molecule has 4 heterocycles. The zero-order valence-corrected chi connectivity index (χ0v) is 17.1. The van der Waals surface area contributed by atoms with Crippen LogP contribution < -0.4 is 10.1 Å². The maximum atomic E-state index is 11.7. The number of fused-ring (bicyclic) bond motifs is 1. The molecule has 7 nitrogen and oxygen atoms in total. The van der Waals surface area contributed by atoms with Crippen LogP contribution in [-0.4, -0.2) is 44.5 Å². The summed E-state index contributed by atoms with van der Waals surface area (Å²) in [5.41, 5.74) is 1.11. The quantitative estimate of drug-likeness (QED) is 0.602. The molecule has 0 spiro atoms. The molecule has 1 N–H and O–H groups in total. The third-order valence-corrected chi connectivity index (χ3v) is 6.18. The average molecular weight is 410 g/mol. The van der Waals surface area contributed by atoms with Crippen molar-refractivity contribution in [2.24, 2.45) is 5.92 Å². The van der Waals surface area contributed by atoms with E-state index >= 15 is 0 Å². The molecule has 5 rings (SSSR count). The van der Waals surface area contributed by atoms with Crippen LogP contribution in [0.1, 0.15) is 17.7 Å². The van der Waals surface area contributed by atoms with Crippen molar-refractivity contribution in [1.82, 2.24) is 19.4 Å². The molecule has 1 saturated heterocycles. The Morgan fingerprint density at radius 2 is 2.28 bits per heavy atom. The van der Waals surface area contributed by atoms with Crippen LogP contribution in [0.15, 0.2) is 37.2 Å². The summed E-state index contributed by atoms with van der Waals surface area (Å²) in [5.74, 6) is 2.03. The highest BCUT2D eigenvalue weighted by molar-refractivity contribution is 7.15. The molecule has 1 amide bonds. The number of hydrogen-bond acceptors (Lipinski definition) is 6. The fourth-order valence-electron chi connectivity index (χ4n) is 3.55. The van der Waals surface area contributed by atoms with Crippen molar-refractivity contribution >= 4 is 39.1 Å². The van der Waals surface area contributed by atoms with E-state index in [1.54, 1.807) is 16.2 Å². The van der Waals surface area contributed by atoms with Gasteiger partial charge in [-0.3, -0.25) is 4.79 Å². The van der Waals surface area contributed by atoms with Gasteiger partial charge in [-0.1, -0.05) is 6.58 Å². The van der Waals surface area contributed by atoms with Gasteiger partial charge >= 0.3 is 0 Å². The first-order valence-electron chi connectivity index (χ1n) is 9.86. The van der Waals surface area contributed by atoms with Crippen LogP contribution in [-0.2, 0) is 11.3 Å². The van der Waals surface area contributed by atoms with E-state index in [-0.39, 0.29) is 12.0 Å². The zero-order chi connectivity index (χ0) is 20.0. The van der Waals surface area contributed by atoms with Crippen molar-refractivity contribution in [3.8, 4) is 5.88 Å². The molecule has 0 bridgehead atoms. The minimum Gasteiger partial charge on any atom is -0.470 e. The third-order valence-electron chi connectivity index (χ3n) is 5.35. The van der Waals surface area contributed by atoms with Crippen molar-refractivity contribution in [2.45, 2.75) is 32.4 Å². The van der Waals surface area contributed by atoms with Gasteiger partial charge in [-0.05, 0) is 37.8 Å². The van der Waals surface area contributed by atoms with Crippen LogP contribution in [0.2, 0.25) is 0 Å². The van der Waals surface area contributed by atoms with E-state index in [1.165, 1.54) is 18.9 Å². The van der Waals surface area contributed by atoms with Crippen LogP contribution in [0.25, 0.3) is 10.9 Å². The number of anilines is 2. The van der Waals surface area contributed by atoms with Gasteiger partial charge in [0.2, 0.25) is 11.8 Å². The van der Waals surface area contributed by atoms with E-state index in [2.05, 4.69) is 39.8 Å². The fraction of sp³-hybridized carbons (Fsp3) is 0.381. The first-order valence-corrected chi connectivity index (χ1v) is 10.7. The second-order valence-corrected chi connectivity index (χ2v) is 8.98. The van der Waals surface area contributed by atoms with Gasteiger partial charge in [0.15, 0.2) is 5.13 Å². The monoisotopic (exact) mass is 409 g/mol. The van der Waals surface area contributed by atoms with E-state index in [0.29, 0.717) is 19.0 Å². The lowest BCUT2D eigenvalue weighted by molar-refractivity contribution is -0.134. The maximum Gasteiger partial charge on any atom is 0.246 e. The van der Waals surface area contributed by atoms with Crippen molar-refractivity contribution in [3.63, 3.8) is 0 Å². The van der Waals surface area contributed by atoms with Gasteiger partial charge in [0, 0.05) is 29.9 Å². The summed E-state index contributed by atoms with van der Waals surface area (Å²) in [6.07, 6.45) is 7.84. The van der Waals surface area contributed by atoms with Crippen molar-refractivity contribution in [1.29, 1.82) is 0 Å². The molecule has 150 valence electrons. The molecule has 1 saturated carbocycles. The number of aromatic nitrogens is 3. The summed E-state index contributed by atoms with van der Waals surface area (Å²) in [6.45, 7) is 7.70. The van der Waals surface area contributed by atoms with E-state index < -0.39 is 0 Å². The van der Waals surface area contributed by atoms with E-state index in [1.807, 2.05) is 13.1 Å². The second-order valence-electron chi connectivity index (χ2n) is 7.75. The summed E-state index contributed by atoms with van der Waals surface area (Å²) in [4.78, 5) is 23.7. The smallest absolute Gasteiger partial charge is 0.246 e. The lowest BCUT2D eigenvalue weighted by Gasteiger charge is -2.38. The molecule has 0 atom stereocenters. The highest BCUT2D eigenvalue weighted by atomic mass is 32.1. The number of pyridine rings is 1. The lowest BCUT2D eigenvalue weighted by atomic mass is 10.1. The van der Waals surface area contributed by atoms with E-state index in [0.717, 1.165) is 39.2 Å². The van der Waals surface area contributed by atoms with Crippen LogP contribution in [0, 0.1) is 12.8 Å². The molecule has 29 heavy (non-hydrogen) atoms. The number of carbonyl (C=O) groups excluding carboxylic acids is 1. The third kappa shape index (κ3) is 3.72. The lowest BCUT2D eigenvalue weighted by Crippen LogP contribution is -2.55. The Hall–Kier alpha value is -2.87. The van der Waals surface area contributed by atoms with Gasteiger partial charge in [-0.2, -0.15) is 4.98 Å². The van der Waals surface area contributed by atoms with Crippen molar-refractivity contribution in [3.05, 3.63) is 42.1 Å². The predicted molar refractivity (Wildman–Crippen MR) is 114 cm³/mol. The predicted octanol–water partition coefficient (Wildman–Crippen LogP) is 3.73. The van der Waals surface area contributed by atoms with E-state index in [9.17, 15) is 4.79 Å². The van der Waals surface area contributed by atoms with Crippen molar-refractivity contribution in [2.75, 3.05) is 18.4 Å². The number of hydrogen-bond donors (Lipinski definition) is 1. The SMILES string of the molecule is C=CC(=O)N1CC(Oc2nc(Nc3ncc(C)s3)cc3c2ccn3CC2CC2)C1. The molecule has 1 aliphatic heterocycles. The molecule has 0 radical (unpaired) electrons. The van der Waals surface area contributed by atoms with Crippen LogP contribution >= 0.6 is 11.3 Å². The van der Waals surface area contributed by atoms with Gasteiger partial charge in [0.1, 0.15) is 11.9 Å². The number of carbonyl (C=O) groups is 1. The Bertz CT molecular complexity index is 1080. The molecule has 2 fully saturated rings. The first-order chi connectivity index (χ1) is 14.1. The zero-order valence-electron chi connectivity index (χ0n) is 16.3. The molecular formula is C21H23N5O2S. The van der Waals surface area contributed by atoms with Crippen LogP contribution in [0.5, 0.6) is 5.88 Å². The minimum absolute atomic E-state index is 0.0567. The van der Waals surface area contributed by atoms with Gasteiger partial charge in [0.25, 0.3) is 0 Å². The fourth-order valence-corrected chi connectivity index (χ4v) is 4.22. The summed E-state index contributed by atoms with van der Waals surface area (Å²) < 4.78 is 8.48. The Labute approximate surface area is 173 Å². The standard InChI is InChI=1S/C21H23N5O2S/c1-3-19(27)26-11-15(12-26)28-20-16-6-7-25(10-14-4-5-14)17(16)8-18(23-20)24-21-22-9-13(2)29-21/h3,6-9,14-15H,1,4-5,10-12H2,2H3,(H,22,23,24). The topological polar surface area (TPSA) is 72.3 Å². The molecule has 0 aromatic carbocycles. The molecule has 1 aliphatic carbocycles. The number of thiazole rings is 1. The molecule has 8 heteroatoms. The Morgan fingerprint density at radius 3 is 2.97 bits per heavy atom.